The molecule has 0 saturated carbocycles. The van der Waals surface area contributed by atoms with Gasteiger partial charge in [-0.3, -0.25) is 14.4 Å². The number of rotatable bonds is 8. The fourth-order valence-electron chi connectivity index (χ4n) is 2.01. The van der Waals surface area contributed by atoms with Crippen molar-refractivity contribution in [1.29, 1.82) is 0 Å². The van der Waals surface area contributed by atoms with Gasteiger partial charge in [-0.1, -0.05) is 18.2 Å². The minimum Gasteiger partial charge on any atom is -0.481 e. The molecule has 0 unspecified atom stereocenters. The lowest BCUT2D eigenvalue weighted by Crippen LogP contribution is -2.14. The first-order valence-corrected chi connectivity index (χ1v) is 9.51. The van der Waals surface area contributed by atoms with E-state index in [-0.39, 0.29) is 30.4 Å². The second kappa shape index (κ2) is 9.98. The Balaban J connectivity index is 1.86. The lowest BCUT2D eigenvalue weighted by molar-refractivity contribution is -0.138. The smallest absolute Gasteiger partial charge is 0.303 e. The molecule has 26 heavy (non-hydrogen) atoms. The maximum atomic E-state index is 12.1. The van der Waals surface area contributed by atoms with Gasteiger partial charge in [0.1, 0.15) is 0 Å². The first-order valence-electron chi connectivity index (χ1n) is 7.73. The monoisotopic (exact) mass is 436 g/mol. The molecule has 0 aliphatic carbocycles. The molecule has 0 radical (unpaired) electrons. The van der Waals surface area contributed by atoms with E-state index in [4.69, 9.17) is 5.11 Å². The number of para-hydroxylation sites is 1. The Hall–Kier alpha value is -2.32. The van der Waals surface area contributed by atoms with E-state index in [0.717, 1.165) is 9.37 Å². The normalized spacial score (nSPS) is 10.2. The van der Waals surface area contributed by atoms with E-state index in [1.54, 1.807) is 24.3 Å². The van der Waals surface area contributed by atoms with Gasteiger partial charge in [0.15, 0.2) is 0 Å². The molecule has 0 bridgehead atoms. The average Bonchev–Trinajstić information content (AvgIpc) is 2.60. The van der Waals surface area contributed by atoms with Gasteiger partial charge in [0.2, 0.25) is 11.8 Å². The number of hydrogen-bond donors (Lipinski definition) is 3. The molecule has 8 heteroatoms. The Morgan fingerprint density at radius 1 is 0.962 bits per heavy atom. The molecule has 0 aliphatic rings. The highest BCUT2D eigenvalue weighted by Crippen LogP contribution is 2.24. The lowest BCUT2D eigenvalue weighted by atomic mass is 10.2. The van der Waals surface area contributed by atoms with E-state index in [0.29, 0.717) is 11.4 Å². The van der Waals surface area contributed by atoms with Crippen LogP contribution in [0.5, 0.6) is 0 Å². The summed E-state index contributed by atoms with van der Waals surface area (Å²) in [5, 5.41) is 14.1. The van der Waals surface area contributed by atoms with Crippen LogP contribution in [-0.4, -0.2) is 28.6 Å². The van der Waals surface area contributed by atoms with Crippen molar-refractivity contribution in [2.24, 2.45) is 0 Å². The summed E-state index contributed by atoms with van der Waals surface area (Å²) in [7, 11) is 0. The molecule has 0 atom stereocenters. The summed E-state index contributed by atoms with van der Waals surface area (Å²) >= 11 is 4.72. The summed E-state index contributed by atoms with van der Waals surface area (Å²) in [5.74, 6) is -1.29. The number of thioether (sulfide) groups is 1. The van der Waals surface area contributed by atoms with Gasteiger partial charge in [-0.25, -0.2) is 0 Å². The SMILES string of the molecule is O=C(O)CCC(=O)Nc1cccc(SCC(=O)Nc2ccccc2Br)c1. The minimum atomic E-state index is -1.01. The Morgan fingerprint density at radius 2 is 1.73 bits per heavy atom. The number of halogens is 1. The van der Waals surface area contributed by atoms with Crippen molar-refractivity contribution in [3.8, 4) is 0 Å². The number of anilines is 2. The van der Waals surface area contributed by atoms with Gasteiger partial charge in [-0.15, -0.1) is 11.8 Å². The van der Waals surface area contributed by atoms with Crippen molar-refractivity contribution in [2.75, 3.05) is 16.4 Å². The maximum absolute atomic E-state index is 12.1. The summed E-state index contributed by atoms with van der Waals surface area (Å²) in [6.45, 7) is 0. The number of carbonyl (C=O) groups excluding carboxylic acids is 2. The number of nitrogens with one attached hydrogen (secondary N) is 2. The standard InChI is InChI=1S/C18H17BrN2O4S/c19-14-6-1-2-7-15(14)21-17(23)11-26-13-5-3-4-12(10-13)20-16(22)8-9-18(24)25/h1-7,10H,8-9,11H2,(H,20,22)(H,21,23)(H,24,25). The second-order valence-corrected chi connectivity index (χ2v) is 7.19. The lowest BCUT2D eigenvalue weighted by Gasteiger charge is -2.08. The molecule has 2 amide bonds. The van der Waals surface area contributed by atoms with Crippen molar-refractivity contribution in [3.63, 3.8) is 0 Å². The molecule has 0 saturated heterocycles. The Kier molecular flexibility index (Phi) is 7.68. The molecule has 0 fully saturated rings. The molecule has 0 spiro atoms. The number of carboxylic acid groups (broad SMARTS) is 1. The van der Waals surface area contributed by atoms with E-state index >= 15 is 0 Å². The highest BCUT2D eigenvalue weighted by atomic mass is 79.9. The average molecular weight is 437 g/mol. The van der Waals surface area contributed by atoms with Crippen LogP contribution >= 0.6 is 27.7 Å². The summed E-state index contributed by atoms with van der Waals surface area (Å²) in [5.41, 5.74) is 1.27. The van der Waals surface area contributed by atoms with Crippen LogP contribution in [0.1, 0.15) is 12.8 Å². The number of benzene rings is 2. The third-order valence-corrected chi connectivity index (χ3v) is 4.89. The van der Waals surface area contributed by atoms with Crippen molar-refractivity contribution >= 4 is 56.9 Å². The van der Waals surface area contributed by atoms with Crippen LogP contribution < -0.4 is 10.6 Å². The van der Waals surface area contributed by atoms with Crippen LogP contribution in [0, 0.1) is 0 Å². The van der Waals surface area contributed by atoms with Gasteiger partial charge < -0.3 is 15.7 Å². The summed E-state index contributed by atoms with van der Waals surface area (Å²) in [4.78, 5) is 35.1. The fraction of sp³-hybridized carbons (Fsp3) is 0.167. The van der Waals surface area contributed by atoms with E-state index in [1.807, 2.05) is 24.3 Å². The molecule has 6 nitrogen and oxygen atoms in total. The fourth-order valence-corrected chi connectivity index (χ4v) is 3.14. The largest absolute Gasteiger partial charge is 0.481 e. The zero-order chi connectivity index (χ0) is 18.9. The zero-order valence-corrected chi connectivity index (χ0v) is 16.1. The molecule has 3 N–H and O–H groups in total. The number of aliphatic carboxylic acids is 1. The molecule has 136 valence electrons. The van der Waals surface area contributed by atoms with E-state index in [9.17, 15) is 14.4 Å². The van der Waals surface area contributed by atoms with Crippen LogP contribution in [-0.2, 0) is 14.4 Å². The van der Waals surface area contributed by atoms with Gasteiger partial charge in [-0.05, 0) is 46.3 Å². The van der Waals surface area contributed by atoms with Crippen LogP contribution in [0.3, 0.4) is 0 Å². The number of carbonyl (C=O) groups is 3. The van der Waals surface area contributed by atoms with Crippen LogP contribution in [0.25, 0.3) is 0 Å². The van der Waals surface area contributed by atoms with E-state index in [2.05, 4.69) is 26.6 Å². The van der Waals surface area contributed by atoms with Gasteiger partial charge >= 0.3 is 5.97 Å². The Labute approximate surface area is 163 Å². The van der Waals surface area contributed by atoms with Gasteiger partial charge in [0.05, 0.1) is 17.9 Å². The first-order chi connectivity index (χ1) is 12.4. The predicted octanol–water partition coefficient (Wildman–Crippen LogP) is 3.98. The van der Waals surface area contributed by atoms with Crippen molar-refractivity contribution < 1.29 is 19.5 Å². The quantitative estimate of drug-likeness (QED) is 0.543. The van der Waals surface area contributed by atoms with Crippen molar-refractivity contribution in [2.45, 2.75) is 17.7 Å². The molecular formula is C18H17BrN2O4S. The third kappa shape index (κ3) is 6.89. The van der Waals surface area contributed by atoms with E-state index in [1.165, 1.54) is 11.8 Å². The number of hydrogen-bond acceptors (Lipinski definition) is 4. The predicted molar refractivity (Wildman–Crippen MR) is 105 cm³/mol. The van der Waals surface area contributed by atoms with Crippen LogP contribution in [0.15, 0.2) is 57.9 Å². The van der Waals surface area contributed by atoms with Crippen molar-refractivity contribution in [1.82, 2.24) is 0 Å². The van der Waals surface area contributed by atoms with Crippen LogP contribution in [0.4, 0.5) is 11.4 Å². The minimum absolute atomic E-state index is 0.0823. The van der Waals surface area contributed by atoms with Gasteiger partial charge in [0.25, 0.3) is 0 Å². The summed E-state index contributed by atoms with van der Waals surface area (Å²) in [6.07, 6.45) is -0.295. The number of carboxylic acids is 1. The first kappa shape index (κ1) is 20.0. The summed E-state index contributed by atoms with van der Waals surface area (Å²) in [6, 6.07) is 14.4. The molecule has 0 aromatic heterocycles. The highest BCUT2D eigenvalue weighted by molar-refractivity contribution is 9.10. The van der Waals surface area contributed by atoms with Crippen LogP contribution in [0.2, 0.25) is 0 Å². The molecule has 0 aliphatic heterocycles. The topological polar surface area (TPSA) is 95.5 Å². The Morgan fingerprint density at radius 3 is 2.46 bits per heavy atom. The zero-order valence-electron chi connectivity index (χ0n) is 13.7. The highest BCUT2D eigenvalue weighted by Gasteiger charge is 2.08. The third-order valence-electron chi connectivity index (χ3n) is 3.20. The molecule has 2 aromatic rings. The second-order valence-electron chi connectivity index (χ2n) is 5.29. The molecular weight excluding hydrogens is 420 g/mol. The molecule has 2 aromatic carbocycles. The maximum Gasteiger partial charge on any atom is 0.303 e. The number of amides is 2. The van der Waals surface area contributed by atoms with E-state index < -0.39 is 5.97 Å². The molecule has 0 heterocycles. The van der Waals surface area contributed by atoms with Crippen molar-refractivity contribution in [3.05, 3.63) is 53.0 Å². The Bertz CT molecular complexity index is 813. The van der Waals surface area contributed by atoms with Gasteiger partial charge in [-0.2, -0.15) is 0 Å². The van der Waals surface area contributed by atoms with Gasteiger partial charge in [0, 0.05) is 21.5 Å². The molecule has 2 rings (SSSR count). The summed E-state index contributed by atoms with van der Waals surface area (Å²) < 4.78 is 0.810.